The van der Waals surface area contributed by atoms with Gasteiger partial charge in [0, 0.05) is 0 Å². The Hall–Kier alpha value is -6.59. The number of fused-ring (bicyclic) bond motifs is 4. The van der Waals surface area contributed by atoms with Gasteiger partial charge in [0.25, 0.3) is 0 Å². The van der Waals surface area contributed by atoms with Gasteiger partial charge in [-0.3, -0.25) is 0 Å². The van der Waals surface area contributed by atoms with Crippen LogP contribution in [0.25, 0.3) is 82.8 Å². The number of allylic oxidation sites excluding steroid dienone is 9. The van der Waals surface area contributed by atoms with E-state index in [1.54, 1.807) is 0 Å². The Morgan fingerprint density at radius 1 is 0.466 bits per heavy atom. The third-order valence-electron chi connectivity index (χ3n) is 11.3. The number of hydrogen-bond donors (Lipinski definition) is 0. The summed E-state index contributed by atoms with van der Waals surface area (Å²) in [5, 5.41) is 9.22. The van der Waals surface area contributed by atoms with Crippen LogP contribution in [0.2, 0.25) is 0 Å². The van der Waals surface area contributed by atoms with Crippen LogP contribution in [0.15, 0.2) is 218 Å². The molecule has 278 valence electrons. The fourth-order valence-corrected chi connectivity index (χ4v) is 11.1. The molecule has 1 heteroatoms. The summed E-state index contributed by atoms with van der Waals surface area (Å²) in [5.74, 6) is 0. The molecule has 1 atom stereocenters. The smallest absolute Gasteiger partial charge is 0.000741 e. The molecule has 1 aliphatic rings. The molecule has 0 bridgehead atoms. The Labute approximate surface area is 344 Å². The molecule has 1 aliphatic carbocycles. The van der Waals surface area contributed by atoms with Crippen LogP contribution in [-0.2, 0) is 0 Å². The van der Waals surface area contributed by atoms with Crippen LogP contribution in [0, 0.1) is 0 Å². The molecule has 8 aromatic carbocycles. The van der Waals surface area contributed by atoms with E-state index < -0.39 is 7.92 Å². The van der Waals surface area contributed by atoms with Crippen molar-refractivity contribution in [2.75, 3.05) is 0 Å². The van der Waals surface area contributed by atoms with E-state index in [-0.39, 0.29) is 0 Å². The first-order valence-corrected chi connectivity index (χ1v) is 21.5. The number of benzene rings is 8. The Balaban J connectivity index is 1.20. The van der Waals surface area contributed by atoms with Crippen LogP contribution < -0.4 is 10.6 Å². The maximum Gasteiger partial charge on any atom is -0.000741 e. The first-order valence-electron chi connectivity index (χ1n) is 20.1. The van der Waals surface area contributed by atoms with Gasteiger partial charge in [-0.05, 0) is 133 Å². The summed E-state index contributed by atoms with van der Waals surface area (Å²) in [7, 11) is -0.734. The second kappa shape index (κ2) is 16.1. The maximum atomic E-state index is 3.93. The van der Waals surface area contributed by atoms with Gasteiger partial charge < -0.3 is 0 Å². The van der Waals surface area contributed by atoms with E-state index >= 15 is 0 Å². The van der Waals surface area contributed by atoms with E-state index in [4.69, 9.17) is 0 Å². The van der Waals surface area contributed by atoms with Gasteiger partial charge in [-0.25, -0.2) is 0 Å². The zero-order valence-electron chi connectivity index (χ0n) is 33.3. The molecule has 9 rings (SSSR count). The van der Waals surface area contributed by atoms with E-state index in [0.29, 0.717) is 0 Å². The molecule has 0 fully saturated rings. The van der Waals surface area contributed by atoms with E-state index in [2.05, 4.69) is 228 Å². The van der Waals surface area contributed by atoms with E-state index in [0.717, 1.165) is 5.57 Å². The summed E-state index contributed by atoms with van der Waals surface area (Å²) in [5.41, 5.74) is 15.2. The standard InChI is InChI=1S/C57H45P/c1-5-8-20-39(4)58(45-33-29-41(30-34-45)40(18-6-2)19-7-3)46-35-31-42(32-36-46)47-37-38-52-55-48(47)27-17-28-51(55)56-53(43-21-11-9-12-22-43)49-25-15-16-26-50(49)54(57(52)56)44-23-13-10-14-24-44/h5-38H,2H2,1,3-4H3/b8-5-,19-7-,39-20+,40-18+. The van der Waals surface area contributed by atoms with Gasteiger partial charge >= 0.3 is 0 Å². The molecule has 58 heavy (non-hydrogen) atoms. The Kier molecular flexibility index (Phi) is 10.3. The lowest BCUT2D eigenvalue weighted by Gasteiger charge is -2.21. The van der Waals surface area contributed by atoms with Crippen molar-refractivity contribution in [3.05, 3.63) is 224 Å². The molecule has 0 aliphatic heterocycles. The van der Waals surface area contributed by atoms with Crippen LogP contribution in [0.5, 0.6) is 0 Å². The van der Waals surface area contributed by atoms with Gasteiger partial charge in [-0.2, -0.15) is 0 Å². The molecule has 0 saturated carbocycles. The Bertz CT molecular complexity index is 2850. The summed E-state index contributed by atoms with van der Waals surface area (Å²) >= 11 is 0. The highest BCUT2D eigenvalue weighted by Gasteiger charge is 2.31. The van der Waals surface area contributed by atoms with Gasteiger partial charge in [-0.1, -0.05) is 213 Å². The second-order valence-electron chi connectivity index (χ2n) is 14.8. The van der Waals surface area contributed by atoms with E-state index in [1.807, 2.05) is 6.08 Å². The molecule has 0 aromatic heterocycles. The molecule has 0 spiro atoms. The fourth-order valence-electron chi connectivity index (χ4n) is 8.88. The lowest BCUT2D eigenvalue weighted by atomic mass is 9.82. The van der Waals surface area contributed by atoms with E-state index in [1.165, 1.54) is 98.7 Å². The highest BCUT2D eigenvalue weighted by atomic mass is 31.1. The minimum Gasteiger partial charge on any atom is -0.0990 e. The first kappa shape index (κ1) is 37.0. The van der Waals surface area contributed by atoms with Gasteiger partial charge in [0.05, 0.1) is 0 Å². The normalized spacial score (nSPS) is 13.2. The molecule has 1 unspecified atom stereocenters. The Morgan fingerprint density at radius 2 is 1.00 bits per heavy atom. The molecular formula is C57H45P. The number of rotatable bonds is 10. The lowest BCUT2D eigenvalue weighted by Crippen LogP contribution is -2.12. The average molecular weight is 761 g/mol. The second-order valence-corrected chi connectivity index (χ2v) is 17.2. The fraction of sp³-hybridized carbons (Fsp3) is 0.0526. The minimum atomic E-state index is -0.734. The molecule has 0 saturated heterocycles. The van der Waals surface area contributed by atoms with Crippen molar-refractivity contribution >= 4 is 45.6 Å². The highest BCUT2D eigenvalue weighted by molar-refractivity contribution is 7.76. The van der Waals surface area contributed by atoms with Crippen molar-refractivity contribution in [3.8, 4) is 55.6 Å². The van der Waals surface area contributed by atoms with Crippen molar-refractivity contribution in [1.82, 2.24) is 0 Å². The van der Waals surface area contributed by atoms with Crippen molar-refractivity contribution in [3.63, 3.8) is 0 Å². The third kappa shape index (κ3) is 6.51. The van der Waals surface area contributed by atoms with Crippen molar-refractivity contribution in [2.45, 2.75) is 20.8 Å². The average Bonchev–Trinajstić information content (AvgIpc) is 3.60. The third-order valence-corrected chi connectivity index (χ3v) is 13.8. The van der Waals surface area contributed by atoms with Crippen LogP contribution in [0.1, 0.15) is 26.3 Å². The predicted octanol–water partition coefficient (Wildman–Crippen LogP) is 15.7. The van der Waals surface area contributed by atoms with Gasteiger partial charge in [0.1, 0.15) is 0 Å². The number of hydrogen-bond acceptors (Lipinski definition) is 0. The monoisotopic (exact) mass is 760 g/mol. The molecule has 0 radical (unpaired) electrons. The topological polar surface area (TPSA) is 0 Å². The van der Waals surface area contributed by atoms with Crippen LogP contribution in [0.3, 0.4) is 0 Å². The summed E-state index contributed by atoms with van der Waals surface area (Å²) in [6.45, 7) is 10.3. The SMILES string of the molecule is C=C/C=C(\C=C/C)c1ccc(P(/C(C)=C/C=C\C)c2ccc(-c3ccc4c5c(cccc35)-c3c-4c(-c4ccccc4)c4ccccc4c3-c3ccccc3)cc2)cc1. The minimum absolute atomic E-state index is 0.734. The van der Waals surface area contributed by atoms with Gasteiger partial charge in [0.2, 0.25) is 0 Å². The van der Waals surface area contributed by atoms with Crippen LogP contribution >= 0.6 is 7.92 Å². The van der Waals surface area contributed by atoms with Crippen molar-refractivity contribution < 1.29 is 0 Å². The lowest BCUT2D eigenvalue weighted by molar-refractivity contribution is 1.61. The molecule has 0 heterocycles. The van der Waals surface area contributed by atoms with Crippen LogP contribution in [0.4, 0.5) is 0 Å². The largest absolute Gasteiger partial charge is 0.0990 e. The van der Waals surface area contributed by atoms with Crippen molar-refractivity contribution in [1.29, 1.82) is 0 Å². The summed E-state index contributed by atoms with van der Waals surface area (Å²) in [6, 6.07) is 61.1. The summed E-state index contributed by atoms with van der Waals surface area (Å²) in [6.07, 6.45) is 14.7. The van der Waals surface area contributed by atoms with Crippen LogP contribution in [-0.4, -0.2) is 0 Å². The first-order chi connectivity index (χ1) is 28.6. The Morgan fingerprint density at radius 3 is 1.57 bits per heavy atom. The zero-order valence-corrected chi connectivity index (χ0v) is 34.2. The van der Waals surface area contributed by atoms with Gasteiger partial charge in [-0.15, -0.1) is 0 Å². The highest BCUT2D eigenvalue weighted by Crippen LogP contribution is 2.58. The van der Waals surface area contributed by atoms with E-state index in [9.17, 15) is 0 Å². The summed E-state index contributed by atoms with van der Waals surface area (Å²) in [4.78, 5) is 0. The van der Waals surface area contributed by atoms with Crippen molar-refractivity contribution in [2.24, 2.45) is 0 Å². The molecule has 0 amide bonds. The molecule has 0 nitrogen and oxygen atoms in total. The molecular weight excluding hydrogens is 716 g/mol. The maximum absolute atomic E-state index is 3.93. The summed E-state index contributed by atoms with van der Waals surface area (Å²) < 4.78 is 0. The predicted molar refractivity (Wildman–Crippen MR) is 256 cm³/mol. The van der Waals surface area contributed by atoms with Gasteiger partial charge in [0.15, 0.2) is 0 Å². The quantitative estimate of drug-likeness (QED) is 0.0962. The molecule has 8 aromatic rings. The molecule has 0 N–H and O–H groups in total. The zero-order chi connectivity index (χ0) is 39.6.